The molecule has 0 atom stereocenters. The first kappa shape index (κ1) is 15.1. The molecule has 4 aliphatic carbocycles. The van der Waals surface area contributed by atoms with Gasteiger partial charge in [0.25, 0.3) is 0 Å². The zero-order valence-corrected chi connectivity index (χ0v) is 14.6. The number of carbonyl (C=O) groups is 1. The maximum Gasteiger partial charge on any atom is 0.223 e. The Morgan fingerprint density at radius 1 is 0.900 bits per heavy atom. The molecule has 1 N–H and O–H groups in total. The average Bonchev–Trinajstić information content (AvgIpc) is 2.41. The SMILES string of the molecule is O=C(NCCCCCCI)C1C2CC3CC(C2)CC1C3. The lowest BCUT2D eigenvalue weighted by atomic mass is 9.51. The molecule has 3 heteroatoms. The van der Waals surface area contributed by atoms with Gasteiger partial charge in [-0.2, -0.15) is 0 Å². The molecule has 0 aromatic heterocycles. The molecule has 1 amide bonds. The van der Waals surface area contributed by atoms with E-state index in [1.807, 2.05) is 0 Å². The highest BCUT2D eigenvalue weighted by molar-refractivity contribution is 14.1. The maximum atomic E-state index is 12.5. The number of hydrogen-bond donors (Lipinski definition) is 1. The third-order valence-corrected chi connectivity index (χ3v) is 6.65. The van der Waals surface area contributed by atoms with E-state index in [0.717, 1.165) is 36.6 Å². The number of alkyl halides is 1. The van der Waals surface area contributed by atoms with Crippen molar-refractivity contribution in [1.82, 2.24) is 5.32 Å². The summed E-state index contributed by atoms with van der Waals surface area (Å²) in [5.41, 5.74) is 0. The molecule has 20 heavy (non-hydrogen) atoms. The normalized spacial score (nSPS) is 38.1. The number of hydrogen-bond acceptors (Lipinski definition) is 1. The number of amides is 1. The van der Waals surface area contributed by atoms with E-state index in [9.17, 15) is 4.79 Å². The van der Waals surface area contributed by atoms with Crippen molar-refractivity contribution < 1.29 is 4.79 Å². The van der Waals surface area contributed by atoms with Crippen molar-refractivity contribution in [2.24, 2.45) is 29.6 Å². The van der Waals surface area contributed by atoms with Crippen LogP contribution < -0.4 is 5.32 Å². The predicted molar refractivity (Wildman–Crippen MR) is 90.9 cm³/mol. The lowest BCUT2D eigenvalue weighted by molar-refractivity contribution is -0.138. The Morgan fingerprint density at radius 2 is 1.50 bits per heavy atom. The van der Waals surface area contributed by atoms with Crippen LogP contribution in [0.3, 0.4) is 0 Å². The summed E-state index contributed by atoms with van der Waals surface area (Å²) in [6.45, 7) is 0.906. The third kappa shape index (κ3) is 3.33. The van der Waals surface area contributed by atoms with E-state index >= 15 is 0 Å². The molecule has 4 fully saturated rings. The summed E-state index contributed by atoms with van der Waals surface area (Å²) in [4.78, 5) is 12.5. The molecular formula is C17H28INO. The highest BCUT2D eigenvalue weighted by Crippen LogP contribution is 2.56. The van der Waals surface area contributed by atoms with Gasteiger partial charge in [0.05, 0.1) is 0 Å². The van der Waals surface area contributed by atoms with E-state index in [4.69, 9.17) is 0 Å². The largest absolute Gasteiger partial charge is 0.356 e. The molecule has 4 bridgehead atoms. The zero-order valence-electron chi connectivity index (χ0n) is 12.5. The smallest absolute Gasteiger partial charge is 0.223 e. The Hall–Kier alpha value is 0.200. The summed E-state index contributed by atoms with van der Waals surface area (Å²) in [7, 11) is 0. The predicted octanol–water partition coefficient (Wildman–Crippen LogP) is 4.17. The number of rotatable bonds is 7. The second-order valence-electron chi connectivity index (χ2n) is 7.35. The molecule has 0 aromatic rings. The van der Waals surface area contributed by atoms with Crippen LogP contribution in [0.15, 0.2) is 0 Å². The molecule has 2 nitrogen and oxygen atoms in total. The van der Waals surface area contributed by atoms with Crippen molar-refractivity contribution in [3.8, 4) is 0 Å². The van der Waals surface area contributed by atoms with Gasteiger partial charge >= 0.3 is 0 Å². The van der Waals surface area contributed by atoms with E-state index in [1.54, 1.807) is 0 Å². The Labute approximate surface area is 137 Å². The van der Waals surface area contributed by atoms with Crippen LogP contribution in [-0.4, -0.2) is 16.9 Å². The van der Waals surface area contributed by atoms with Gasteiger partial charge in [0.15, 0.2) is 0 Å². The minimum absolute atomic E-state index is 0.372. The van der Waals surface area contributed by atoms with Gasteiger partial charge in [0, 0.05) is 12.5 Å². The van der Waals surface area contributed by atoms with Crippen LogP contribution in [-0.2, 0) is 4.79 Å². The number of carbonyl (C=O) groups excluding carboxylic acids is 1. The number of halogens is 1. The second-order valence-corrected chi connectivity index (χ2v) is 8.43. The molecule has 0 unspecified atom stereocenters. The summed E-state index contributed by atoms with van der Waals surface area (Å²) >= 11 is 2.44. The van der Waals surface area contributed by atoms with Gasteiger partial charge < -0.3 is 5.32 Å². The van der Waals surface area contributed by atoms with E-state index in [0.29, 0.717) is 11.8 Å². The zero-order chi connectivity index (χ0) is 13.9. The quantitative estimate of drug-likeness (QED) is 0.395. The van der Waals surface area contributed by atoms with Crippen molar-refractivity contribution in [1.29, 1.82) is 0 Å². The highest BCUT2D eigenvalue weighted by Gasteiger charge is 2.50. The summed E-state index contributed by atoms with van der Waals surface area (Å²) in [5, 5.41) is 3.25. The van der Waals surface area contributed by atoms with E-state index in [1.165, 1.54) is 55.8 Å². The lowest BCUT2D eigenvalue weighted by Gasteiger charge is -2.53. The fourth-order valence-corrected chi connectivity index (χ4v) is 5.80. The highest BCUT2D eigenvalue weighted by atomic mass is 127. The summed E-state index contributed by atoms with van der Waals surface area (Å²) in [5.74, 6) is 4.16. The molecule has 0 aromatic carbocycles. The monoisotopic (exact) mass is 389 g/mol. The molecule has 4 saturated carbocycles. The second kappa shape index (κ2) is 6.97. The minimum Gasteiger partial charge on any atom is -0.356 e. The molecule has 0 saturated heterocycles. The van der Waals surface area contributed by atoms with Crippen molar-refractivity contribution in [2.75, 3.05) is 11.0 Å². The first-order valence-electron chi connectivity index (χ1n) is 8.61. The van der Waals surface area contributed by atoms with Gasteiger partial charge in [0.1, 0.15) is 0 Å². The van der Waals surface area contributed by atoms with Crippen LogP contribution in [0.5, 0.6) is 0 Å². The van der Waals surface area contributed by atoms with E-state index < -0.39 is 0 Å². The molecule has 0 heterocycles. The Morgan fingerprint density at radius 3 is 2.10 bits per heavy atom. The van der Waals surface area contributed by atoms with Crippen molar-refractivity contribution in [3.63, 3.8) is 0 Å². The van der Waals surface area contributed by atoms with Crippen molar-refractivity contribution >= 4 is 28.5 Å². The fourth-order valence-electron chi connectivity index (χ4n) is 5.26. The van der Waals surface area contributed by atoms with Crippen LogP contribution in [0, 0.1) is 29.6 Å². The first-order valence-corrected chi connectivity index (χ1v) is 10.1. The fraction of sp³-hybridized carbons (Fsp3) is 0.941. The van der Waals surface area contributed by atoms with E-state index in [2.05, 4.69) is 27.9 Å². The summed E-state index contributed by atoms with van der Waals surface area (Å²) in [6, 6.07) is 0. The maximum absolute atomic E-state index is 12.5. The Kier molecular flexibility index (Phi) is 5.27. The van der Waals surface area contributed by atoms with E-state index in [-0.39, 0.29) is 0 Å². The molecule has 4 rings (SSSR count). The molecule has 114 valence electrons. The van der Waals surface area contributed by atoms with Gasteiger partial charge in [-0.15, -0.1) is 0 Å². The lowest BCUT2D eigenvalue weighted by Crippen LogP contribution is -2.51. The number of unbranched alkanes of at least 4 members (excludes halogenated alkanes) is 3. The van der Waals surface area contributed by atoms with Gasteiger partial charge in [-0.1, -0.05) is 35.4 Å². The van der Waals surface area contributed by atoms with Crippen LogP contribution in [0.2, 0.25) is 0 Å². The van der Waals surface area contributed by atoms with Crippen LogP contribution in [0.4, 0.5) is 0 Å². The van der Waals surface area contributed by atoms with Crippen LogP contribution >= 0.6 is 22.6 Å². The van der Waals surface area contributed by atoms with Gasteiger partial charge in [-0.25, -0.2) is 0 Å². The average molecular weight is 389 g/mol. The minimum atomic E-state index is 0.372. The third-order valence-electron chi connectivity index (χ3n) is 5.89. The van der Waals surface area contributed by atoms with Gasteiger partial charge in [-0.05, 0) is 73.0 Å². The molecule has 0 radical (unpaired) electrons. The van der Waals surface area contributed by atoms with Crippen molar-refractivity contribution in [2.45, 2.75) is 57.8 Å². The Bertz CT molecular complexity index is 316. The number of nitrogens with one attached hydrogen (secondary N) is 1. The Balaban J connectivity index is 1.41. The molecular weight excluding hydrogens is 361 g/mol. The van der Waals surface area contributed by atoms with Crippen LogP contribution in [0.25, 0.3) is 0 Å². The molecule has 4 aliphatic rings. The van der Waals surface area contributed by atoms with Crippen molar-refractivity contribution in [3.05, 3.63) is 0 Å². The van der Waals surface area contributed by atoms with Gasteiger partial charge in [-0.3, -0.25) is 4.79 Å². The van der Waals surface area contributed by atoms with Gasteiger partial charge in [0.2, 0.25) is 5.91 Å². The first-order chi connectivity index (χ1) is 9.78. The summed E-state index contributed by atoms with van der Waals surface area (Å²) in [6.07, 6.45) is 11.9. The molecule has 0 spiro atoms. The molecule has 0 aliphatic heterocycles. The standard InChI is InChI=1S/C17H28INO/c18-5-3-1-2-4-6-19-17(20)16-14-8-12-7-13(10-14)11-15(16)9-12/h12-16H,1-11H2,(H,19,20). The van der Waals surface area contributed by atoms with Crippen LogP contribution in [0.1, 0.15) is 57.8 Å². The topological polar surface area (TPSA) is 29.1 Å². The summed E-state index contributed by atoms with van der Waals surface area (Å²) < 4.78 is 1.26.